The third kappa shape index (κ3) is 6.35. The fourth-order valence-corrected chi connectivity index (χ4v) is 5.19. The van der Waals surface area contributed by atoms with Crippen molar-refractivity contribution in [1.29, 1.82) is 0 Å². The number of anilines is 1. The summed E-state index contributed by atoms with van der Waals surface area (Å²) in [6.07, 6.45) is 2.73. The summed E-state index contributed by atoms with van der Waals surface area (Å²) >= 11 is 0. The Balaban J connectivity index is 0.00000216. The summed E-state index contributed by atoms with van der Waals surface area (Å²) in [7, 11) is 1.69. The molecule has 194 valence electrons. The van der Waals surface area contributed by atoms with Crippen LogP contribution in [0, 0.1) is 6.92 Å². The second kappa shape index (κ2) is 12.7. The van der Waals surface area contributed by atoms with Gasteiger partial charge in [0, 0.05) is 43.5 Å². The van der Waals surface area contributed by atoms with Gasteiger partial charge in [0.2, 0.25) is 5.91 Å². The first-order valence-electron chi connectivity index (χ1n) is 12.2. The maximum absolute atomic E-state index is 12.9. The van der Waals surface area contributed by atoms with Crippen molar-refractivity contribution in [1.82, 2.24) is 10.2 Å². The van der Waals surface area contributed by atoms with Crippen LogP contribution in [0.25, 0.3) is 0 Å². The fourth-order valence-electron chi connectivity index (χ4n) is 5.19. The predicted molar refractivity (Wildman–Crippen MR) is 147 cm³/mol. The number of hydrogen-bond donors (Lipinski definition) is 2. The maximum Gasteiger partial charge on any atom is 0.234 e. The molecule has 2 atom stereocenters. The molecule has 1 fully saturated rings. The number of nitrogens with one attached hydrogen (secondary N) is 1. The first kappa shape index (κ1) is 29.1. The Morgan fingerprint density at radius 1 is 1.20 bits per heavy atom. The van der Waals surface area contributed by atoms with Gasteiger partial charge in [-0.1, -0.05) is 26.0 Å². The van der Waals surface area contributed by atoms with E-state index in [4.69, 9.17) is 4.74 Å². The van der Waals surface area contributed by atoms with Crippen LogP contribution in [-0.4, -0.2) is 55.7 Å². The fraction of sp³-hybridized carbons (Fsp3) is 0.519. The topological polar surface area (TPSA) is 65.0 Å². The normalized spacial score (nSPS) is 18.2. The van der Waals surface area contributed by atoms with Gasteiger partial charge in [-0.25, -0.2) is 0 Å². The number of piperazine rings is 1. The summed E-state index contributed by atoms with van der Waals surface area (Å²) < 4.78 is 5.34. The molecule has 0 saturated carbocycles. The Kier molecular flexibility index (Phi) is 10.6. The van der Waals surface area contributed by atoms with Gasteiger partial charge in [-0.2, -0.15) is 0 Å². The third-order valence-corrected chi connectivity index (χ3v) is 7.37. The Bertz CT molecular complexity index is 1010. The number of phenols is 1. The molecule has 2 aromatic carbocycles. The number of halogens is 2. The summed E-state index contributed by atoms with van der Waals surface area (Å²) in [6.45, 7) is 10.2. The number of carbonyl (C=O) groups is 1. The van der Waals surface area contributed by atoms with Gasteiger partial charge in [-0.3, -0.25) is 9.69 Å². The summed E-state index contributed by atoms with van der Waals surface area (Å²) in [5.74, 6) is 1.58. The van der Waals surface area contributed by atoms with E-state index in [1.165, 1.54) is 11.1 Å². The zero-order valence-electron chi connectivity index (χ0n) is 21.2. The van der Waals surface area contributed by atoms with Crippen molar-refractivity contribution in [3.8, 4) is 11.5 Å². The van der Waals surface area contributed by atoms with Gasteiger partial charge in [-0.15, -0.1) is 24.8 Å². The minimum absolute atomic E-state index is 0. The van der Waals surface area contributed by atoms with Crippen LogP contribution in [0.3, 0.4) is 0 Å². The van der Waals surface area contributed by atoms with Crippen LogP contribution >= 0.6 is 24.8 Å². The quantitative estimate of drug-likeness (QED) is 0.534. The lowest BCUT2D eigenvalue weighted by Crippen LogP contribution is -2.49. The Hall–Kier alpha value is -2.15. The lowest BCUT2D eigenvalue weighted by molar-refractivity contribution is -0.123. The molecule has 2 unspecified atom stereocenters. The molecular weight excluding hydrogens is 485 g/mol. The van der Waals surface area contributed by atoms with E-state index in [1.807, 2.05) is 12.1 Å². The second-order valence-electron chi connectivity index (χ2n) is 9.46. The molecule has 4 rings (SSSR count). The number of methoxy groups -OCH3 is 1. The number of rotatable bonds is 7. The highest BCUT2D eigenvalue weighted by Crippen LogP contribution is 2.44. The van der Waals surface area contributed by atoms with Crippen molar-refractivity contribution in [3.05, 3.63) is 52.6 Å². The van der Waals surface area contributed by atoms with Crippen LogP contribution in [-0.2, 0) is 11.2 Å². The average Bonchev–Trinajstić information content (AvgIpc) is 3.25. The molecule has 1 aliphatic carbocycles. The molecule has 0 bridgehead atoms. The Morgan fingerprint density at radius 2 is 1.91 bits per heavy atom. The highest BCUT2D eigenvalue weighted by Gasteiger charge is 2.31. The third-order valence-electron chi connectivity index (χ3n) is 7.37. The van der Waals surface area contributed by atoms with Gasteiger partial charge < -0.3 is 20.1 Å². The van der Waals surface area contributed by atoms with Crippen molar-refractivity contribution >= 4 is 36.4 Å². The minimum Gasteiger partial charge on any atom is -0.507 e. The van der Waals surface area contributed by atoms with Gasteiger partial charge in [0.1, 0.15) is 11.5 Å². The number of carbonyl (C=O) groups excluding carboxylic acids is 1. The molecule has 6 nitrogen and oxygen atoms in total. The predicted octanol–water partition coefficient (Wildman–Crippen LogP) is 4.99. The van der Waals surface area contributed by atoms with Gasteiger partial charge in [0.15, 0.2) is 0 Å². The summed E-state index contributed by atoms with van der Waals surface area (Å²) in [5, 5.41) is 14.3. The molecule has 0 radical (unpaired) electrons. The zero-order valence-corrected chi connectivity index (χ0v) is 22.8. The molecule has 0 spiro atoms. The molecule has 1 saturated heterocycles. The summed E-state index contributed by atoms with van der Waals surface area (Å²) in [4.78, 5) is 17.5. The number of ether oxygens (including phenoxy) is 1. The molecule has 0 aromatic heterocycles. The van der Waals surface area contributed by atoms with Crippen LogP contribution in [0.15, 0.2) is 30.3 Å². The first-order valence-corrected chi connectivity index (χ1v) is 12.2. The Morgan fingerprint density at radius 3 is 2.57 bits per heavy atom. The van der Waals surface area contributed by atoms with Crippen molar-refractivity contribution in [3.63, 3.8) is 0 Å². The van der Waals surface area contributed by atoms with Gasteiger partial charge in [0.25, 0.3) is 0 Å². The summed E-state index contributed by atoms with van der Waals surface area (Å²) in [6, 6.07) is 10.2. The van der Waals surface area contributed by atoms with E-state index in [1.54, 1.807) is 7.11 Å². The van der Waals surface area contributed by atoms with Gasteiger partial charge >= 0.3 is 0 Å². The van der Waals surface area contributed by atoms with E-state index in [0.29, 0.717) is 18.2 Å². The summed E-state index contributed by atoms with van der Waals surface area (Å²) in [5.41, 5.74) is 5.54. The van der Waals surface area contributed by atoms with E-state index in [2.05, 4.69) is 54.1 Å². The molecule has 1 aliphatic heterocycles. The lowest BCUT2D eigenvalue weighted by atomic mass is 9.90. The van der Waals surface area contributed by atoms with Crippen molar-refractivity contribution in [2.24, 2.45) is 0 Å². The molecule has 1 amide bonds. The highest BCUT2D eigenvalue weighted by molar-refractivity contribution is 5.85. The van der Waals surface area contributed by atoms with Crippen LogP contribution in [0.1, 0.15) is 60.9 Å². The van der Waals surface area contributed by atoms with E-state index >= 15 is 0 Å². The first-order chi connectivity index (χ1) is 15.9. The van der Waals surface area contributed by atoms with E-state index in [-0.39, 0.29) is 36.8 Å². The average molecular weight is 525 g/mol. The number of aryl methyl sites for hydroxylation is 1. The van der Waals surface area contributed by atoms with Gasteiger partial charge in [0.05, 0.1) is 19.7 Å². The number of fused-ring (bicyclic) bond motifs is 1. The van der Waals surface area contributed by atoms with Crippen molar-refractivity contribution in [2.75, 3.05) is 44.7 Å². The second-order valence-corrected chi connectivity index (χ2v) is 9.46. The van der Waals surface area contributed by atoms with Crippen LogP contribution in [0.5, 0.6) is 11.5 Å². The molecular formula is C27H39Cl2N3O3. The Labute approximate surface area is 221 Å². The smallest absolute Gasteiger partial charge is 0.234 e. The molecule has 2 aliphatic rings. The minimum atomic E-state index is -0.103. The number of hydrogen-bond acceptors (Lipinski definition) is 5. The molecule has 2 N–H and O–H groups in total. The number of nitrogens with zero attached hydrogens (tertiary/aromatic N) is 2. The molecule has 1 heterocycles. The largest absolute Gasteiger partial charge is 0.507 e. The van der Waals surface area contributed by atoms with Crippen LogP contribution in [0.2, 0.25) is 0 Å². The zero-order chi connectivity index (χ0) is 23.5. The maximum atomic E-state index is 12.9. The molecule has 8 heteroatoms. The molecule has 35 heavy (non-hydrogen) atoms. The van der Waals surface area contributed by atoms with Crippen molar-refractivity contribution in [2.45, 2.75) is 52.0 Å². The molecule has 2 aromatic rings. The number of benzene rings is 2. The lowest BCUT2D eigenvalue weighted by Gasteiger charge is -2.36. The standard InChI is InChI=1S/C27H37N3O3.2ClH/c1-5-18(2)23-15-19(3)22-9-10-24(26(22)27(23)32)28-25(31)17-29-11-13-30(14-12-29)20-7-6-8-21(16-20)33-4;;/h6-8,15-16,18,24,32H,5,9-14,17H2,1-4H3,(H,28,31);2*1H. The SMILES string of the molecule is CCC(C)c1cc(C)c2c(c1O)C(NC(=O)CN1CCN(c3cccc(OC)c3)CC1)CC2.Cl.Cl. The van der Waals surface area contributed by atoms with Crippen molar-refractivity contribution < 1.29 is 14.6 Å². The number of phenolic OH excluding ortho intramolecular Hbond substituents is 1. The number of amides is 1. The number of aromatic hydroxyl groups is 1. The van der Waals surface area contributed by atoms with Crippen LogP contribution in [0.4, 0.5) is 5.69 Å². The van der Waals surface area contributed by atoms with Crippen LogP contribution < -0.4 is 15.0 Å². The van der Waals surface area contributed by atoms with Gasteiger partial charge in [-0.05, 0) is 60.9 Å². The highest BCUT2D eigenvalue weighted by atomic mass is 35.5. The van der Waals surface area contributed by atoms with E-state index in [9.17, 15) is 9.90 Å². The monoisotopic (exact) mass is 523 g/mol. The van der Waals surface area contributed by atoms with E-state index in [0.717, 1.165) is 68.0 Å². The van der Waals surface area contributed by atoms with E-state index < -0.39 is 0 Å².